The summed E-state index contributed by atoms with van der Waals surface area (Å²) in [6.45, 7) is 5.82. The van der Waals surface area contributed by atoms with E-state index in [2.05, 4.69) is 18.7 Å². The van der Waals surface area contributed by atoms with Gasteiger partial charge < -0.3 is 5.11 Å². The van der Waals surface area contributed by atoms with E-state index < -0.39 is 5.97 Å². The van der Waals surface area contributed by atoms with Crippen molar-refractivity contribution in [1.82, 2.24) is 4.90 Å². The van der Waals surface area contributed by atoms with Crippen LogP contribution in [0.15, 0.2) is 0 Å². The van der Waals surface area contributed by atoms with Crippen molar-refractivity contribution in [1.29, 1.82) is 0 Å². The van der Waals surface area contributed by atoms with Gasteiger partial charge in [0.05, 0.1) is 6.42 Å². The molecule has 0 spiro atoms. The average molecular weight is 253 g/mol. The molecule has 1 aliphatic heterocycles. The zero-order valence-electron chi connectivity index (χ0n) is 11.8. The molecule has 0 amide bonds. The van der Waals surface area contributed by atoms with Gasteiger partial charge >= 0.3 is 5.97 Å². The van der Waals surface area contributed by atoms with Gasteiger partial charge in [0, 0.05) is 12.1 Å². The van der Waals surface area contributed by atoms with Crippen LogP contribution in [-0.4, -0.2) is 34.6 Å². The molecule has 1 saturated carbocycles. The predicted molar refractivity (Wildman–Crippen MR) is 72.6 cm³/mol. The SMILES string of the molecule is CC1CCC(N2CCCCC2CC(=O)O)CC1C. The summed E-state index contributed by atoms with van der Waals surface area (Å²) in [5.74, 6) is 0.990. The number of hydrogen-bond donors (Lipinski definition) is 1. The molecule has 1 N–H and O–H groups in total. The third-order valence-electron chi connectivity index (χ3n) is 5.12. The fourth-order valence-corrected chi connectivity index (χ4v) is 3.74. The van der Waals surface area contributed by atoms with Gasteiger partial charge in [-0.25, -0.2) is 0 Å². The van der Waals surface area contributed by atoms with Crippen LogP contribution in [0.5, 0.6) is 0 Å². The zero-order chi connectivity index (χ0) is 13.1. The van der Waals surface area contributed by atoms with Crippen molar-refractivity contribution >= 4 is 5.97 Å². The summed E-state index contributed by atoms with van der Waals surface area (Å²) in [6, 6.07) is 0.933. The summed E-state index contributed by atoms with van der Waals surface area (Å²) in [7, 11) is 0. The minimum atomic E-state index is -0.635. The lowest BCUT2D eigenvalue weighted by Crippen LogP contribution is -2.49. The number of hydrogen-bond acceptors (Lipinski definition) is 2. The highest BCUT2D eigenvalue weighted by atomic mass is 16.4. The molecule has 0 bridgehead atoms. The van der Waals surface area contributed by atoms with Crippen LogP contribution in [0.3, 0.4) is 0 Å². The van der Waals surface area contributed by atoms with Crippen LogP contribution in [-0.2, 0) is 4.79 Å². The van der Waals surface area contributed by atoms with Gasteiger partial charge in [-0.3, -0.25) is 9.69 Å². The van der Waals surface area contributed by atoms with Gasteiger partial charge in [-0.05, 0) is 50.5 Å². The second kappa shape index (κ2) is 6.05. The summed E-state index contributed by atoms with van der Waals surface area (Å²) in [5.41, 5.74) is 0. The first-order chi connectivity index (χ1) is 8.58. The molecule has 4 atom stereocenters. The summed E-state index contributed by atoms with van der Waals surface area (Å²) < 4.78 is 0. The van der Waals surface area contributed by atoms with Crippen molar-refractivity contribution in [2.45, 2.75) is 70.9 Å². The molecule has 1 heterocycles. The molecule has 3 nitrogen and oxygen atoms in total. The maximum Gasteiger partial charge on any atom is 0.304 e. The summed E-state index contributed by atoms with van der Waals surface area (Å²) >= 11 is 0. The van der Waals surface area contributed by atoms with Crippen molar-refractivity contribution in [2.75, 3.05) is 6.54 Å². The Hall–Kier alpha value is -0.570. The second-order valence-electron chi connectivity index (χ2n) is 6.41. The van der Waals surface area contributed by atoms with Gasteiger partial charge in [-0.1, -0.05) is 20.3 Å². The first-order valence-corrected chi connectivity index (χ1v) is 7.55. The average Bonchev–Trinajstić information content (AvgIpc) is 2.33. The van der Waals surface area contributed by atoms with E-state index in [4.69, 9.17) is 5.11 Å². The summed E-state index contributed by atoms with van der Waals surface area (Å²) in [4.78, 5) is 13.5. The lowest BCUT2D eigenvalue weighted by atomic mass is 9.77. The summed E-state index contributed by atoms with van der Waals surface area (Å²) in [5, 5.41) is 9.05. The number of nitrogens with zero attached hydrogens (tertiary/aromatic N) is 1. The number of carboxylic acids is 1. The van der Waals surface area contributed by atoms with Gasteiger partial charge in [0.25, 0.3) is 0 Å². The fourth-order valence-electron chi connectivity index (χ4n) is 3.74. The normalized spacial score (nSPS) is 38.6. The second-order valence-corrected chi connectivity index (χ2v) is 6.41. The topological polar surface area (TPSA) is 40.5 Å². The first-order valence-electron chi connectivity index (χ1n) is 7.55. The molecule has 104 valence electrons. The Morgan fingerprint density at radius 2 is 1.94 bits per heavy atom. The Bertz CT molecular complexity index is 292. The van der Waals surface area contributed by atoms with E-state index in [1.165, 1.54) is 32.1 Å². The third kappa shape index (κ3) is 3.25. The van der Waals surface area contributed by atoms with Crippen LogP contribution in [0.4, 0.5) is 0 Å². The van der Waals surface area contributed by atoms with E-state index in [0.717, 1.165) is 24.8 Å². The Morgan fingerprint density at radius 3 is 2.61 bits per heavy atom. The minimum Gasteiger partial charge on any atom is -0.481 e. The molecule has 2 rings (SSSR count). The zero-order valence-corrected chi connectivity index (χ0v) is 11.8. The Labute approximate surface area is 111 Å². The van der Waals surface area contributed by atoms with Crippen LogP contribution in [0.2, 0.25) is 0 Å². The number of rotatable bonds is 3. The van der Waals surface area contributed by atoms with Crippen LogP contribution in [0, 0.1) is 11.8 Å². The highest BCUT2D eigenvalue weighted by Crippen LogP contribution is 2.35. The first kappa shape index (κ1) is 13.9. The molecular formula is C15H27NO2. The van der Waals surface area contributed by atoms with Gasteiger partial charge in [0.2, 0.25) is 0 Å². The van der Waals surface area contributed by atoms with E-state index in [9.17, 15) is 4.79 Å². The molecule has 1 aliphatic carbocycles. The molecule has 0 aromatic rings. The molecule has 2 aliphatic rings. The Morgan fingerprint density at radius 1 is 1.17 bits per heavy atom. The number of piperidine rings is 1. The molecule has 0 radical (unpaired) electrons. The molecule has 4 unspecified atom stereocenters. The Kier molecular flexibility index (Phi) is 4.66. The van der Waals surface area contributed by atoms with Crippen molar-refractivity contribution in [3.05, 3.63) is 0 Å². The van der Waals surface area contributed by atoms with Crippen molar-refractivity contribution in [3.8, 4) is 0 Å². The number of carbonyl (C=O) groups is 1. The van der Waals surface area contributed by atoms with Crippen LogP contribution in [0.1, 0.15) is 58.8 Å². The van der Waals surface area contributed by atoms with Gasteiger partial charge in [0.1, 0.15) is 0 Å². The van der Waals surface area contributed by atoms with Crippen molar-refractivity contribution < 1.29 is 9.90 Å². The van der Waals surface area contributed by atoms with Crippen LogP contribution in [0.25, 0.3) is 0 Å². The quantitative estimate of drug-likeness (QED) is 0.840. The molecule has 0 aromatic carbocycles. The largest absolute Gasteiger partial charge is 0.481 e. The standard InChI is InChI=1S/C15H27NO2/c1-11-6-7-14(9-12(11)2)16-8-4-3-5-13(16)10-15(17)18/h11-14H,3-10H2,1-2H3,(H,17,18). The summed E-state index contributed by atoms with van der Waals surface area (Å²) in [6.07, 6.45) is 7.69. The Balaban J connectivity index is 1.97. The highest BCUT2D eigenvalue weighted by Gasteiger charge is 2.34. The monoisotopic (exact) mass is 253 g/mol. The maximum absolute atomic E-state index is 11.0. The smallest absolute Gasteiger partial charge is 0.304 e. The number of carboxylic acid groups (broad SMARTS) is 1. The molecule has 1 saturated heterocycles. The number of likely N-dealkylation sites (tertiary alicyclic amines) is 1. The van der Waals surface area contributed by atoms with E-state index in [1.54, 1.807) is 0 Å². The van der Waals surface area contributed by atoms with E-state index in [-0.39, 0.29) is 0 Å². The van der Waals surface area contributed by atoms with Crippen LogP contribution >= 0.6 is 0 Å². The third-order valence-corrected chi connectivity index (χ3v) is 5.12. The molecule has 18 heavy (non-hydrogen) atoms. The lowest BCUT2D eigenvalue weighted by Gasteiger charge is -2.45. The van der Waals surface area contributed by atoms with Crippen molar-refractivity contribution in [2.24, 2.45) is 11.8 Å². The maximum atomic E-state index is 11.0. The van der Waals surface area contributed by atoms with E-state index in [0.29, 0.717) is 18.5 Å². The van der Waals surface area contributed by atoms with Gasteiger partial charge in [0.15, 0.2) is 0 Å². The van der Waals surface area contributed by atoms with Gasteiger partial charge in [-0.15, -0.1) is 0 Å². The van der Waals surface area contributed by atoms with E-state index >= 15 is 0 Å². The predicted octanol–water partition coefficient (Wildman–Crippen LogP) is 3.14. The lowest BCUT2D eigenvalue weighted by molar-refractivity contribution is -0.139. The molecular weight excluding hydrogens is 226 g/mol. The van der Waals surface area contributed by atoms with E-state index in [1.807, 2.05) is 0 Å². The van der Waals surface area contributed by atoms with Crippen molar-refractivity contribution in [3.63, 3.8) is 0 Å². The molecule has 2 fully saturated rings. The van der Waals surface area contributed by atoms with Gasteiger partial charge in [-0.2, -0.15) is 0 Å². The van der Waals surface area contributed by atoms with Crippen LogP contribution < -0.4 is 0 Å². The highest BCUT2D eigenvalue weighted by molar-refractivity contribution is 5.67. The number of aliphatic carboxylic acids is 1. The minimum absolute atomic E-state index is 0.293. The molecule has 0 aromatic heterocycles. The molecule has 3 heteroatoms. The fraction of sp³-hybridized carbons (Fsp3) is 0.933.